The fraction of sp³-hybridized carbons (Fsp3) is 0.833. The lowest BCUT2D eigenvalue weighted by Crippen LogP contribution is -1.89. The lowest BCUT2D eigenvalue weighted by molar-refractivity contribution is 0.570. The summed E-state index contributed by atoms with van der Waals surface area (Å²) in [5.41, 5.74) is 1.82. The molecule has 0 heterocycles. The summed E-state index contributed by atoms with van der Waals surface area (Å²) >= 11 is 0. The Morgan fingerprint density at radius 1 is 1.33 bits per heavy atom. The van der Waals surface area contributed by atoms with Crippen LogP contribution in [0.2, 0.25) is 0 Å². The summed E-state index contributed by atoms with van der Waals surface area (Å²) in [5.74, 6) is 0. The van der Waals surface area contributed by atoms with E-state index in [0.29, 0.717) is 0 Å². The van der Waals surface area contributed by atoms with Crippen molar-refractivity contribution in [3.63, 3.8) is 0 Å². The zero-order valence-corrected chi connectivity index (χ0v) is 6.76. The number of carbonyl (C=O) groups excluding carboxylic acids is 1. The van der Waals surface area contributed by atoms with Crippen LogP contribution in [0.4, 0.5) is 0 Å². The van der Waals surface area contributed by atoms with Gasteiger partial charge in [-0.2, -0.15) is 0 Å². The number of hydrogen-bond acceptors (Lipinski definition) is 3. The van der Waals surface area contributed by atoms with Crippen molar-refractivity contribution in [1.82, 2.24) is 0 Å². The first-order chi connectivity index (χ1) is 4.43. The Bertz CT molecular complexity index is 89.1. The predicted octanol–water partition coefficient (Wildman–Crippen LogP) is 2.38. The zero-order chi connectivity index (χ0) is 6.53. The van der Waals surface area contributed by atoms with Gasteiger partial charge in [-0.25, -0.2) is 0 Å². The van der Waals surface area contributed by atoms with E-state index in [1.165, 1.54) is 36.5 Å². The minimum Gasteiger partial charge on any atom is -0.276 e. The van der Waals surface area contributed by atoms with Crippen molar-refractivity contribution in [3.8, 4) is 0 Å². The Kier molecular flexibility index (Phi) is 3.51. The van der Waals surface area contributed by atoms with Crippen molar-refractivity contribution < 1.29 is 4.79 Å². The average Bonchev–Trinajstić information content (AvgIpc) is 2.34. The molecule has 0 atom stereocenters. The molecule has 0 amide bonds. The average molecular weight is 161 g/mol. The molecule has 1 aliphatic carbocycles. The molecule has 0 saturated heterocycles. The second-order valence-electron chi connectivity index (χ2n) is 2.17. The third-order valence-electron chi connectivity index (χ3n) is 1.52. The molecule has 0 bridgehead atoms. The first kappa shape index (κ1) is 7.48. The van der Waals surface area contributed by atoms with Crippen LogP contribution in [0, 0.1) is 0 Å². The molecule has 1 saturated carbocycles. The van der Waals surface area contributed by atoms with E-state index in [-0.39, 0.29) is 0 Å². The molecule has 1 fully saturated rings. The largest absolute Gasteiger partial charge is 0.277 e. The Labute approximate surface area is 63.4 Å². The lowest BCUT2D eigenvalue weighted by Gasteiger charge is -2.01. The van der Waals surface area contributed by atoms with Crippen LogP contribution in [-0.4, -0.2) is 10.9 Å². The molecule has 0 aromatic rings. The molecule has 0 aromatic carbocycles. The van der Waals surface area contributed by atoms with Gasteiger partial charge in [0.25, 0.3) is 5.62 Å². The standard InChI is InChI=1S/C6H9OS2/c7-5-8-9-6-3-1-2-4-6/h6H,1-4H2. The Morgan fingerprint density at radius 3 is 2.56 bits per heavy atom. The molecular weight excluding hydrogens is 152 g/mol. The first-order valence-electron chi connectivity index (χ1n) is 3.13. The van der Waals surface area contributed by atoms with E-state index in [2.05, 4.69) is 0 Å². The third-order valence-corrected chi connectivity index (χ3v) is 3.74. The van der Waals surface area contributed by atoms with Gasteiger partial charge in [0.15, 0.2) is 0 Å². The van der Waals surface area contributed by atoms with Crippen LogP contribution in [-0.2, 0) is 4.79 Å². The lowest BCUT2D eigenvalue weighted by atomic mass is 10.4. The minimum absolute atomic E-state index is 0.733. The number of rotatable bonds is 3. The second kappa shape index (κ2) is 4.23. The molecule has 0 aromatic heterocycles. The molecule has 1 radical (unpaired) electrons. The van der Waals surface area contributed by atoms with Crippen molar-refractivity contribution in [2.45, 2.75) is 30.9 Å². The van der Waals surface area contributed by atoms with Gasteiger partial charge in [0.05, 0.1) is 0 Å². The third kappa shape index (κ3) is 2.63. The molecule has 0 unspecified atom stereocenters. The van der Waals surface area contributed by atoms with E-state index >= 15 is 0 Å². The Balaban J connectivity index is 2.04. The molecular formula is C6H9OS2. The summed E-state index contributed by atoms with van der Waals surface area (Å²) in [6, 6.07) is 0. The van der Waals surface area contributed by atoms with Crippen LogP contribution in [0.15, 0.2) is 0 Å². The molecule has 1 rings (SSSR count). The Morgan fingerprint density at radius 2 is 2.00 bits per heavy atom. The molecule has 0 N–H and O–H groups in total. The SMILES string of the molecule is O=[C]SSC1CCCC1. The molecule has 3 heteroatoms. The fourth-order valence-electron chi connectivity index (χ4n) is 1.07. The molecule has 1 aliphatic rings. The van der Waals surface area contributed by atoms with Gasteiger partial charge in [-0.15, -0.1) is 0 Å². The predicted molar refractivity (Wildman–Crippen MR) is 43.1 cm³/mol. The summed E-state index contributed by atoms with van der Waals surface area (Å²) < 4.78 is 0. The molecule has 1 nitrogen and oxygen atoms in total. The molecule has 9 heavy (non-hydrogen) atoms. The minimum atomic E-state index is 0.733. The van der Waals surface area contributed by atoms with E-state index in [4.69, 9.17) is 0 Å². The Hall–Kier alpha value is 0.370. The van der Waals surface area contributed by atoms with Crippen molar-refractivity contribution in [2.24, 2.45) is 0 Å². The highest BCUT2D eigenvalue weighted by Gasteiger charge is 2.14. The van der Waals surface area contributed by atoms with Gasteiger partial charge in [0.2, 0.25) is 0 Å². The molecule has 0 aliphatic heterocycles. The quantitative estimate of drug-likeness (QED) is 0.592. The summed E-state index contributed by atoms with van der Waals surface area (Å²) in [7, 11) is 2.89. The fourth-order valence-corrected chi connectivity index (χ4v) is 2.88. The summed E-state index contributed by atoms with van der Waals surface area (Å²) in [6.07, 6.45) is 5.27. The van der Waals surface area contributed by atoms with Crippen LogP contribution in [0.25, 0.3) is 0 Å². The van der Waals surface area contributed by atoms with E-state index in [1.807, 2.05) is 5.62 Å². The van der Waals surface area contributed by atoms with Crippen LogP contribution < -0.4 is 0 Å². The van der Waals surface area contributed by atoms with Crippen LogP contribution in [0.5, 0.6) is 0 Å². The topological polar surface area (TPSA) is 17.1 Å². The highest BCUT2D eigenvalue weighted by atomic mass is 33.1. The highest BCUT2D eigenvalue weighted by Crippen LogP contribution is 2.35. The second-order valence-corrected chi connectivity index (χ2v) is 4.44. The zero-order valence-electron chi connectivity index (χ0n) is 5.13. The first-order valence-corrected chi connectivity index (χ1v) is 5.34. The normalized spacial score (nSPS) is 20.4. The summed E-state index contributed by atoms with van der Waals surface area (Å²) in [5, 5.41) is 0.733. The van der Waals surface area contributed by atoms with Gasteiger partial charge in [0, 0.05) is 5.25 Å². The van der Waals surface area contributed by atoms with Crippen LogP contribution >= 0.6 is 21.6 Å². The number of hydrogen-bond donors (Lipinski definition) is 0. The smallest absolute Gasteiger partial charge is 0.276 e. The van der Waals surface area contributed by atoms with Gasteiger partial charge in [-0.3, -0.25) is 4.79 Å². The van der Waals surface area contributed by atoms with Gasteiger partial charge < -0.3 is 0 Å². The van der Waals surface area contributed by atoms with E-state index in [9.17, 15) is 4.79 Å². The maximum Gasteiger partial charge on any atom is 0.277 e. The van der Waals surface area contributed by atoms with Crippen molar-refractivity contribution in [2.75, 3.05) is 0 Å². The summed E-state index contributed by atoms with van der Waals surface area (Å²) in [4.78, 5) is 9.78. The van der Waals surface area contributed by atoms with Gasteiger partial charge in [0.1, 0.15) is 0 Å². The molecule has 0 spiro atoms. The summed E-state index contributed by atoms with van der Waals surface area (Å²) in [6.45, 7) is 0. The monoisotopic (exact) mass is 161 g/mol. The molecule has 51 valence electrons. The van der Waals surface area contributed by atoms with Crippen molar-refractivity contribution in [3.05, 3.63) is 0 Å². The van der Waals surface area contributed by atoms with Crippen LogP contribution in [0.3, 0.4) is 0 Å². The van der Waals surface area contributed by atoms with E-state index < -0.39 is 0 Å². The van der Waals surface area contributed by atoms with E-state index in [1.54, 1.807) is 10.8 Å². The maximum atomic E-state index is 9.78. The van der Waals surface area contributed by atoms with Crippen molar-refractivity contribution in [1.29, 1.82) is 0 Å². The van der Waals surface area contributed by atoms with E-state index in [0.717, 1.165) is 5.25 Å². The van der Waals surface area contributed by atoms with Gasteiger partial charge >= 0.3 is 0 Å². The maximum absolute atomic E-state index is 9.78. The van der Waals surface area contributed by atoms with Crippen molar-refractivity contribution >= 4 is 27.2 Å². The highest BCUT2D eigenvalue weighted by molar-refractivity contribution is 8.81. The van der Waals surface area contributed by atoms with Gasteiger partial charge in [-0.1, -0.05) is 23.6 Å². The van der Waals surface area contributed by atoms with Gasteiger partial charge in [-0.05, 0) is 23.6 Å². The van der Waals surface area contributed by atoms with Crippen LogP contribution in [0.1, 0.15) is 25.7 Å².